The Labute approximate surface area is 214 Å². The fourth-order valence-corrected chi connectivity index (χ4v) is 4.23. The summed E-state index contributed by atoms with van der Waals surface area (Å²) in [7, 11) is 0. The van der Waals surface area contributed by atoms with Gasteiger partial charge in [-0.25, -0.2) is 19.7 Å². The molecule has 1 aliphatic heterocycles. The van der Waals surface area contributed by atoms with Crippen molar-refractivity contribution in [3.63, 3.8) is 0 Å². The molecule has 0 spiro atoms. The van der Waals surface area contributed by atoms with Crippen molar-refractivity contribution in [2.45, 2.75) is 58.2 Å². The molecular formula is C27H30F3N5O2. The van der Waals surface area contributed by atoms with Crippen molar-refractivity contribution in [3.05, 3.63) is 71.8 Å². The van der Waals surface area contributed by atoms with E-state index in [1.54, 1.807) is 23.5 Å². The van der Waals surface area contributed by atoms with Crippen LogP contribution in [0.4, 0.5) is 18.0 Å². The van der Waals surface area contributed by atoms with Crippen LogP contribution in [0.1, 0.15) is 56.4 Å². The van der Waals surface area contributed by atoms with Gasteiger partial charge in [0.2, 0.25) is 0 Å². The Hall–Kier alpha value is -3.56. The van der Waals surface area contributed by atoms with Crippen LogP contribution < -0.4 is 0 Å². The van der Waals surface area contributed by atoms with Gasteiger partial charge in [0.25, 0.3) is 0 Å². The molecule has 4 rings (SSSR count). The van der Waals surface area contributed by atoms with Crippen LogP contribution in [0.5, 0.6) is 0 Å². The van der Waals surface area contributed by atoms with Crippen LogP contribution in [0.3, 0.4) is 0 Å². The maximum absolute atomic E-state index is 12.9. The normalized spacial score (nSPS) is 15.0. The topological polar surface area (TPSA) is 81.1 Å². The number of carbonyl (C=O) groups excluding carboxylic acids is 1. The van der Waals surface area contributed by atoms with E-state index in [1.807, 2.05) is 27.0 Å². The Morgan fingerprint density at radius 1 is 1.03 bits per heavy atom. The van der Waals surface area contributed by atoms with Gasteiger partial charge in [0.15, 0.2) is 0 Å². The van der Waals surface area contributed by atoms with E-state index in [0.29, 0.717) is 24.8 Å². The first-order valence-electron chi connectivity index (χ1n) is 12.2. The molecule has 196 valence electrons. The molecule has 7 nitrogen and oxygen atoms in total. The summed E-state index contributed by atoms with van der Waals surface area (Å²) in [5.74, 6) is 0.825. The van der Waals surface area contributed by atoms with E-state index in [-0.39, 0.29) is 18.2 Å². The zero-order chi connectivity index (χ0) is 26.6. The van der Waals surface area contributed by atoms with Crippen molar-refractivity contribution in [1.82, 2.24) is 24.8 Å². The average Bonchev–Trinajstić information content (AvgIpc) is 2.84. The Balaban J connectivity index is 1.35. The monoisotopic (exact) mass is 513 g/mol. The van der Waals surface area contributed by atoms with Gasteiger partial charge < -0.3 is 9.64 Å². The van der Waals surface area contributed by atoms with Gasteiger partial charge in [-0.3, -0.25) is 4.98 Å². The minimum atomic E-state index is -4.49. The predicted molar refractivity (Wildman–Crippen MR) is 132 cm³/mol. The molecule has 4 heterocycles. The molecule has 0 aromatic carbocycles. The number of amides is 1. The van der Waals surface area contributed by atoms with Gasteiger partial charge in [0.1, 0.15) is 17.1 Å². The molecule has 10 heteroatoms. The first-order valence-corrected chi connectivity index (χ1v) is 12.2. The molecule has 1 amide bonds. The van der Waals surface area contributed by atoms with E-state index in [0.717, 1.165) is 42.0 Å². The van der Waals surface area contributed by atoms with Crippen LogP contribution in [0.15, 0.2) is 49.1 Å². The first-order chi connectivity index (χ1) is 17.5. The predicted octanol–water partition coefficient (Wildman–Crippen LogP) is 5.73. The smallest absolute Gasteiger partial charge is 0.433 e. The molecule has 1 saturated heterocycles. The summed E-state index contributed by atoms with van der Waals surface area (Å²) in [6, 6.07) is 5.85. The number of ether oxygens (including phenoxy) is 1. The molecule has 3 aromatic rings. The Morgan fingerprint density at radius 2 is 1.73 bits per heavy atom. The lowest BCUT2D eigenvalue weighted by molar-refractivity contribution is -0.141. The van der Waals surface area contributed by atoms with Crippen LogP contribution in [-0.2, 0) is 23.8 Å². The maximum Gasteiger partial charge on any atom is 0.433 e. The molecule has 0 atom stereocenters. The summed E-state index contributed by atoms with van der Waals surface area (Å²) in [5.41, 5.74) is 1.55. The summed E-state index contributed by atoms with van der Waals surface area (Å²) in [4.78, 5) is 30.8. The molecule has 0 unspecified atom stereocenters. The van der Waals surface area contributed by atoms with Gasteiger partial charge in [-0.1, -0.05) is 6.07 Å². The summed E-state index contributed by atoms with van der Waals surface area (Å²) >= 11 is 0. The van der Waals surface area contributed by atoms with E-state index < -0.39 is 17.5 Å². The highest BCUT2D eigenvalue weighted by atomic mass is 19.4. The number of piperidine rings is 1. The highest BCUT2D eigenvalue weighted by molar-refractivity contribution is 5.68. The minimum Gasteiger partial charge on any atom is -0.444 e. The van der Waals surface area contributed by atoms with Gasteiger partial charge >= 0.3 is 12.3 Å². The summed E-state index contributed by atoms with van der Waals surface area (Å²) in [6.45, 7) is 6.93. The second-order valence-corrected chi connectivity index (χ2v) is 10.3. The number of hydrogen-bond acceptors (Lipinski definition) is 6. The summed E-state index contributed by atoms with van der Waals surface area (Å²) in [6.07, 6.45) is 4.87. The molecule has 0 radical (unpaired) electrons. The number of hydrogen-bond donors (Lipinski definition) is 0. The van der Waals surface area contributed by atoms with Crippen LogP contribution in [0, 0.1) is 5.92 Å². The number of halogens is 3. The lowest BCUT2D eigenvalue weighted by Gasteiger charge is -2.33. The largest absolute Gasteiger partial charge is 0.444 e. The van der Waals surface area contributed by atoms with Crippen molar-refractivity contribution in [2.24, 2.45) is 5.92 Å². The number of aromatic nitrogens is 4. The molecule has 1 fully saturated rings. The average molecular weight is 514 g/mol. The zero-order valence-electron chi connectivity index (χ0n) is 21.1. The van der Waals surface area contributed by atoms with E-state index in [9.17, 15) is 18.0 Å². The van der Waals surface area contributed by atoms with Crippen LogP contribution >= 0.6 is 0 Å². The molecule has 0 bridgehead atoms. The van der Waals surface area contributed by atoms with E-state index in [2.05, 4.69) is 26.0 Å². The lowest BCUT2D eigenvalue weighted by atomic mass is 9.90. The molecule has 0 N–H and O–H groups in total. The van der Waals surface area contributed by atoms with Crippen molar-refractivity contribution < 1.29 is 22.7 Å². The van der Waals surface area contributed by atoms with Crippen molar-refractivity contribution in [1.29, 1.82) is 0 Å². The summed E-state index contributed by atoms with van der Waals surface area (Å²) < 4.78 is 44.2. The molecule has 37 heavy (non-hydrogen) atoms. The molecule has 0 aliphatic carbocycles. The zero-order valence-corrected chi connectivity index (χ0v) is 21.1. The molecule has 3 aromatic heterocycles. The van der Waals surface area contributed by atoms with Gasteiger partial charge in [0.05, 0.1) is 6.42 Å². The second-order valence-electron chi connectivity index (χ2n) is 10.3. The summed E-state index contributed by atoms with van der Waals surface area (Å²) in [5, 5.41) is 0. The maximum atomic E-state index is 12.9. The third-order valence-corrected chi connectivity index (χ3v) is 6.06. The minimum absolute atomic E-state index is 0.102. The van der Waals surface area contributed by atoms with Crippen LogP contribution in [-0.4, -0.2) is 49.6 Å². The quantitative estimate of drug-likeness (QED) is 0.433. The number of nitrogens with zero attached hydrogens (tertiary/aromatic N) is 5. The Kier molecular flexibility index (Phi) is 7.75. The van der Waals surface area contributed by atoms with Gasteiger partial charge in [0, 0.05) is 54.7 Å². The number of likely N-dealkylation sites (tertiary alicyclic amines) is 1. The Bertz CT molecular complexity index is 1220. The second kappa shape index (κ2) is 10.8. The highest BCUT2D eigenvalue weighted by Gasteiger charge is 2.32. The highest BCUT2D eigenvalue weighted by Crippen LogP contribution is 2.28. The SMILES string of the molecule is CC(C)(C)OC(=O)N1CCC(Cc2cncc(-c3cnc(Cc4cccc(C(F)(F)F)n4)nc3)c2)CC1. The number of alkyl halides is 3. The standard InChI is InChI=1S/C27H30F3N5O2/c1-26(2,3)37-25(36)35-9-7-18(8-10-35)11-19-12-20(15-31-14-19)21-16-32-24(33-17-21)13-22-5-4-6-23(34-22)27(28,29)30/h4-6,12,14-18H,7-11,13H2,1-3H3. The Morgan fingerprint density at radius 3 is 2.38 bits per heavy atom. The van der Waals surface area contributed by atoms with E-state index >= 15 is 0 Å². The van der Waals surface area contributed by atoms with Gasteiger partial charge in [-0.15, -0.1) is 0 Å². The lowest BCUT2D eigenvalue weighted by Crippen LogP contribution is -2.42. The molecule has 0 saturated carbocycles. The van der Waals surface area contributed by atoms with Crippen molar-refractivity contribution in [3.8, 4) is 11.1 Å². The van der Waals surface area contributed by atoms with E-state index in [4.69, 9.17) is 4.74 Å². The third kappa shape index (κ3) is 7.47. The van der Waals surface area contributed by atoms with Gasteiger partial charge in [-0.2, -0.15) is 13.2 Å². The fraction of sp³-hybridized carbons (Fsp3) is 0.444. The first kappa shape index (κ1) is 26.5. The van der Waals surface area contributed by atoms with Crippen LogP contribution in [0.25, 0.3) is 11.1 Å². The number of rotatable bonds is 5. The molecular weight excluding hydrogens is 483 g/mol. The molecule has 1 aliphatic rings. The fourth-order valence-electron chi connectivity index (χ4n) is 4.23. The third-order valence-electron chi connectivity index (χ3n) is 6.06. The number of carbonyl (C=O) groups is 1. The van der Waals surface area contributed by atoms with Crippen LogP contribution in [0.2, 0.25) is 0 Å². The van der Waals surface area contributed by atoms with Gasteiger partial charge in [-0.05, 0) is 69.7 Å². The van der Waals surface area contributed by atoms with E-state index in [1.165, 1.54) is 12.1 Å². The number of pyridine rings is 2. The van der Waals surface area contributed by atoms with Crippen molar-refractivity contribution >= 4 is 6.09 Å². The van der Waals surface area contributed by atoms with Crippen molar-refractivity contribution in [2.75, 3.05) is 13.1 Å².